The molecule has 1 aliphatic carbocycles. The van der Waals surface area contributed by atoms with E-state index in [2.05, 4.69) is 29.4 Å². The number of fused-ring (bicyclic) bond motifs is 1. The molecule has 0 unspecified atom stereocenters. The number of carbonyl (C=O) groups is 1. The number of hydrogen-bond donors (Lipinski definition) is 2. The predicted octanol–water partition coefficient (Wildman–Crippen LogP) is 2.79. The number of hydrogen-bond acceptors (Lipinski definition) is 3. The molecule has 2 aliphatic rings. The fraction of sp³-hybridized carbons (Fsp3) is 0.667. The number of carbonyl (C=O) groups excluding carboxylic acids is 1. The lowest BCUT2D eigenvalue weighted by atomic mass is 9.97. The van der Waals surface area contributed by atoms with Crippen molar-refractivity contribution in [3.05, 3.63) is 35.6 Å². The molecule has 1 aliphatic heterocycles. The highest BCUT2D eigenvalue weighted by molar-refractivity contribution is 5.82. The third-order valence-corrected chi connectivity index (χ3v) is 5.95. The number of nitrogens with zero attached hydrogens (tertiary/aromatic N) is 1. The van der Waals surface area contributed by atoms with Gasteiger partial charge in [0.1, 0.15) is 5.82 Å². The molecule has 2 fully saturated rings. The fourth-order valence-electron chi connectivity index (χ4n) is 4.62. The normalized spacial score (nSPS) is 26.9. The Morgan fingerprint density at radius 1 is 1.23 bits per heavy atom. The van der Waals surface area contributed by atoms with E-state index in [1.165, 1.54) is 18.6 Å². The quantitative estimate of drug-likeness (QED) is 0.785. The van der Waals surface area contributed by atoms with E-state index < -0.39 is 0 Å². The van der Waals surface area contributed by atoms with E-state index in [1.807, 2.05) is 19.2 Å². The van der Waals surface area contributed by atoms with Crippen molar-refractivity contribution in [2.75, 3.05) is 20.1 Å². The summed E-state index contributed by atoms with van der Waals surface area (Å²) in [6.07, 6.45) is 3.13. The van der Waals surface area contributed by atoms with Gasteiger partial charge in [-0.15, -0.1) is 0 Å². The predicted molar refractivity (Wildman–Crippen MR) is 102 cm³/mol. The topological polar surface area (TPSA) is 44.4 Å². The maximum absolute atomic E-state index is 13.1. The van der Waals surface area contributed by atoms with Crippen molar-refractivity contribution in [2.45, 2.75) is 51.7 Å². The number of rotatable bonds is 7. The number of halogens is 1. The zero-order chi connectivity index (χ0) is 18.7. The van der Waals surface area contributed by atoms with Crippen molar-refractivity contribution < 1.29 is 9.18 Å². The van der Waals surface area contributed by atoms with Crippen LogP contribution >= 0.6 is 0 Å². The minimum absolute atomic E-state index is 0.106. The summed E-state index contributed by atoms with van der Waals surface area (Å²) in [5.74, 6) is 1.65. The minimum atomic E-state index is -0.185. The summed E-state index contributed by atoms with van der Waals surface area (Å²) >= 11 is 0. The van der Waals surface area contributed by atoms with Gasteiger partial charge in [0.15, 0.2) is 0 Å². The Hall–Kier alpha value is -1.46. The number of likely N-dealkylation sites (N-methyl/N-ethyl adjacent to an activating group) is 1. The van der Waals surface area contributed by atoms with Gasteiger partial charge in [0.2, 0.25) is 5.91 Å². The highest BCUT2D eigenvalue weighted by atomic mass is 19.1. The Bertz CT molecular complexity index is 604. The van der Waals surface area contributed by atoms with Gasteiger partial charge in [-0.05, 0) is 61.8 Å². The highest BCUT2D eigenvalue weighted by Crippen LogP contribution is 2.38. The van der Waals surface area contributed by atoms with Gasteiger partial charge in [-0.1, -0.05) is 26.0 Å². The zero-order valence-electron chi connectivity index (χ0n) is 16.2. The van der Waals surface area contributed by atoms with Gasteiger partial charge in [0, 0.05) is 25.7 Å². The molecular weight excluding hydrogens is 329 g/mol. The molecule has 144 valence electrons. The van der Waals surface area contributed by atoms with Crippen LogP contribution in [-0.2, 0) is 11.3 Å². The summed E-state index contributed by atoms with van der Waals surface area (Å²) in [5, 5.41) is 6.48. The average Bonchev–Trinajstić information content (AvgIpc) is 3.16. The van der Waals surface area contributed by atoms with Gasteiger partial charge in [0.25, 0.3) is 0 Å². The summed E-state index contributed by atoms with van der Waals surface area (Å²) in [7, 11) is 1.87. The van der Waals surface area contributed by atoms with E-state index >= 15 is 0 Å². The van der Waals surface area contributed by atoms with E-state index in [0.29, 0.717) is 17.8 Å². The lowest BCUT2D eigenvalue weighted by Gasteiger charge is -2.25. The molecule has 26 heavy (non-hydrogen) atoms. The van der Waals surface area contributed by atoms with Gasteiger partial charge in [-0.2, -0.15) is 0 Å². The smallest absolute Gasteiger partial charge is 0.237 e. The van der Waals surface area contributed by atoms with Crippen LogP contribution in [-0.4, -0.2) is 43.0 Å². The maximum atomic E-state index is 13.1. The molecule has 1 aromatic rings. The molecule has 2 N–H and O–H groups in total. The number of benzene rings is 1. The first kappa shape index (κ1) is 19.3. The second-order valence-electron chi connectivity index (χ2n) is 8.41. The van der Waals surface area contributed by atoms with Crippen molar-refractivity contribution >= 4 is 5.91 Å². The molecule has 4 nitrogen and oxygen atoms in total. The van der Waals surface area contributed by atoms with Gasteiger partial charge in [-0.3, -0.25) is 9.69 Å². The molecular formula is C21H32FN3O. The van der Waals surface area contributed by atoms with Crippen LogP contribution in [0.2, 0.25) is 0 Å². The molecule has 1 saturated heterocycles. The second-order valence-corrected chi connectivity index (χ2v) is 8.41. The Morgan fingerprint density at radius 3 is 2.62 bits per heavy atom. The molecule has 0 radical (unpaired) electrons. The second kappa shape index (κ2) is 8.49. The first-order chi connectivity index (χ1) is 12.5. The minimum Gasteiger partial charge on any atom is -0.352 e. The Morgan fingerprint density at radius 2 is 1.96 bits per heavy atom. The Labute approximate surface area is 156 Å². The molecule has 1 saturated carbocycles. The van der Waals surface area contributed by atoms with Gasteiger partial charge < -0.3 is 10.6 Å². The first-order valence-electron chi connectivity index (χ1n) is 9.90. The molecule has 3 rings (SSSR count). The van der Waals surface area contributed by atoms with Crippen LogP contribution in [0.15, 0.2) is 24.3 Å². The number of likely N-dealkylation sites (tertiary alicyclic amines) is 1. The van der Waals surface area contributed by atoms with Crippen LogP contribution in [0.5, 0.6) is 0 Å². The van der Waals surface area contributed by atoms with Gasteiger partial charge >= 0.3 is 0 Å². The third-order valence-electron chi connectivity index (χ3n) is 5.95. The van der Waals surface area contributed by atoms with E-state index in [1.54, 1.807) is 0 Å². The van der Waals surface area contributed by atoms with Crippen LogP contribution in [0.1, 0.15) is 38.7 Å². The number of amides is 1. The van der Waals surface area contributed by atoms with Gasteiger partial charge in [0.05, 0.1) is 6.04 Å². The Balaban J connectivity index is 1.54. The molecule has 0 spiro atoms. The van der Waals surface area contributed by atoms with Crippen molar-refractivity contribution in [2.24, 2.45) is 17.8 Å². The summed E-state index contributed by atoms with van der Waals surface area (Å²) in [6, 6.07) is 6.97. The Kier molecular flexibility index (Phi) is 6.30. The first-order valence-corrected chi connectivity index (χ1v) is 9.90. The van der Waals surface area contributed by atoms with Gasteiger partial charge in [-0.25, -0.2) is 4.39 Å². The molecule has 1 aromatic carbocycles. The molecule has 0 bridgehead atoms. The molecule has 1 heterocycles. The maximum Gasteiger partial charge on any atom is 0.237 e. The van der Waals surface area contributed by atoms with E-state index in [9.17, 15) is 9.18 Å². The van der Waals surface area contributed by atoms with Crippen LogP contribution in [0.4, 0.5) is 4.39 Å². The molecule has 0 aromatic heterocycles. The highest BCUT2D eigenvalue weighted by Gasteiger charge is 2.43. The number of nitrogens with one attached hydrogen (secondary N) is 2. The van der Waals surface area contributed by atoms with E-state index in [4.69, 9.17) is 0 Å². The zero-order valence-corrected chi connectivity index (χ0v) is 16.2. The summed E-state index contributed by atoms with van der Waals surface area (Å²) in [6.45, 7) is 7.25. The standard InChI is InChI=1S/C21H32FN3O/c1-14(2)10-20(23-3)21(26)24-19-9-6-16-12-25(13-18(16)19)11-15-4-7-17(22)8-5-15/h4-5,7-8,14,16,18-20,23H,6,9-13H2,1-3H3,(H,24,26)/t16-,18+,19+,20-/m0/s1. The van der Waals surface area contributed by atoms with E-state index in [0.717, 1.165) is 38.0 Å². The third kappa shape index (κ3) is 4.63. The monoisotopic (exact) mass is 361 g/mol. The van der Waals surface area contributed by atoms with Crippen molar-refractivity contribution in [3.8, 4) is 0 Å². The SMILES string of the molecule is CN[C@@H](CC(C)C)C(=O)N[C@@H]1CC[C@H]2CN(Cc3ccc(F)cc3)C[C@H]21. The van der Waals surface area contributed by atoms with Crippen LogP contribution in [0, 0.1) is 23.6 Å². The molecule has 5 heteroatoms. The van der Waals surface area contributed by atoms with Crippen molar-refractivity contribution in [1.82, 2.24) is 15.5 Å². The van der Waals surface area contributed by atoms with Crippen LogP contribution in [0.3, 0.4) is 0 Å². The van der Waals surface area contributed by atoms with E-state index in [-0.39, 0.29) is 23.8 Å². The fourth-order valence-corrected chi connectivity index (χ4v) is 4.62. The summed E-state index contributed by atoms with van der Waals surface area (Å²) in [5.41, 5.74) is 1.15. The van der Waals surface area contributed by atoms with Crippen LogP contribution in [0.25, 0.3) is 0 Å². The average molecular weight is 362 g/mol. The lowest BCUT2D eigenvalue weighted by Crippen LogP contribution is -2.49. The molecule has 1 amide bonds. The largest absolute Gasteiger partial charge is 0.352 e. The van der Waals surface area contributed by atoms with Crippen molar-refractivity contribution in [1.29, 1.82) is 0 Å². The lowest BCUT2D eigenvalue weighted by molar-refractivity contribution is -0.124. The van der Waals surface area contributed by atoms with Crippen molar-refractivity contribution in [3.63, 3.8) is 0 Å². The van der Waals surface area contributed by atoms with Crippen LogP contribution < -0.4 is 10.6 Å². The summed E-state index contributed by atoms with van der Waals surface area (Å²) < 4.78 is 13.1. The molecule has 4 atom stereocenters. The summed E-state index contributed by atoms with van der Waals surface area (Å²) in [4.78, 5) is 15.1.